The molecule has 3 aromatic carbocycles. The van der Waals surface area contributed by atoms with E-state index in [1.807, 2.05) is 18.2 Å². The molecule has 148 valence electrons. The monoisotopic (exact) mass is 406 g/mol. The Kier molecular flexibility index (Phi) is 4.81. The Morgan fingerprint density at radius 1 is 0.897 bits per heavy atom. The van der Waals surface area contributed by atoms with Crippen molar-refractivity contribution in [3.05, 3.63) is 83.1 Å². The lowest BCUT2D eigenvalue weighted by atomic mass is 9.91. The molecule has 2 aliphatic rings. The third-order valence-corrected chi connectivity index (χ3v) is 6.63. The molecule has 2 atom stereocenters. The second kappa shape index (κ2) is 7.47. The van der Waals surface area contributed by atoms with Gasteiger partial charge in [-0.2, -0.15) is 0 Å². The summed E-state index contributed by atoms with van der Waals surface area (Å²) in [5.74, 6) is 0.259. The Bertz CT molecular complexity index is 1030. The zero-order valence-corrected chi connectivity index (χ0v) is 17.2. The van der Waals surface area contributed by atoms with Gasteiger partial charge in [-0.15, -0.1) is 0 Å². The highest BCUT2D eigenvalue weighted by molar-refractivity contribution is 6.30. The lowest BCUT2D eigenvalue weighted by Crippen LogP contribution is -2.31. The van der Waals surface area contributed by atoms with Crippen LogP contribution in [0.3, 0.4) is 0 Å². The van der Waals surface area contributed by atoms with Gasteiger partial charge in [-0.1, -0.05) is 41.9 Å². The zero-order valence-electron chi connectivity index (χ0n) is 16.5. The van der Waals surface area contributed by atoms with Crippen molar-refractivity contribution in [1.82, 2.24) is 4.90 Å². The molecule has 1 saturated heterocycles. The summed E-state index contributed by atoms with van der Waals surface area (Å²) < 4.78 is 13.5. The van der Waals surface area contributed by atoms with E-state index >= 15 is 0 Å². The van der Waals surface area contributed by atoms with E-state index in [1.165, 1.54) is 29.1 Å². The van der Waals surface area contributed by atoms with Crippen molar-refractivity contribution in [2.24, 2.45) is 0 Å². The Hall–Kier alpha value is -2.36. The van der Waals surface area contributed by atoms with Crippen LogP contribution < -0.4 is 4.90 Å². The summed E-state index contributed by atoms with van der Waals surface area (Å²) in [5, 5.41) is 0.800. The molecule has 0 spiro atoms. The molecule has 0 N–H and O–H groups in total. The van der Waals surface area contributed by atoms with Gasteiger partial charge in [-0.25, -0.2) is 4.39 Å². The second-order valence-electron chi connectivity index (χ2n) is 8.15. The average molecular weight is 407 g/mol. The van der Waals surface area contributed by atoms with Gasteiger partial charge in [0, 0.05) is 33.9 Å². The maximum absolute atomic E-state index is 13.5. The molecular formula is C25H24ClFN2. The molecule has 1 fully saturated rings. The van der Waals surface area contributed by atoms with E-state index in [1.54, 1.807) is 0 Å². The fourth-order valence-electron chi connectivity index (χ4n) is 4.98. The number of anilines is 2. The minimum Gasteiger partial charge on any atom is -0.337 e. The van der Waals surface area contributed by atoms with Crippen molar-refractivity contribution in [2.45, 2.75) is 24.8 Å². The van der Waals surface area contributed by atoms with Gasteiger partial charge in [0.25, 0.3) is 0 Å². The van der Waals surface area contributed by atoms with Gasteiger partial charge in [0.1, 0.15) is 5.82 Å². The minimum absolute atomic E-state index is 0.209. The summed E-state index contributed by atoms with van der Waals surface area (Å²) in [6.07, 6.45) is 2.23. The third kappa shape index (κ3) is 3.33. The number of halogens is 2. The molecule has 0 aliphatic carbocycles. The van der Waals surface area contributed by atoms with Crippen LogP contribution in [-0.2, 0) is 0 Å². The molecule has 2 unspecified atom stereocenters. The zero-order chi connectivity index (χ0) is 20.0. The van der Waals surface area contributed by atoms with Crippen LogP contribution in [0.1, 0.15) is 24.3 Å². The first-order valence-corrected chi connectivity index (χ1v) is 10.6. The lowest BCUT2D eigenvalue weighted by molar-refractivity contribution is 0.346. The molecule has 2 aliphatic heterocycles. The van der Waals surface area contributed by atoms with Gasteiger partial charge in [-0.05, 0) is 80.5 Å². The molecule has 0 amide bonds. The van der Waals surface area contributed by atoms with E-state index in [0.717, 1.165) is 42.1 Å². The molecular weight excluding hydrogens is 383 g/mol. The van der Waals surface area contributed by atoms with Crippen LogP contribution in [0.25, 0.3) is 11.1 Å². The lowest BCUT2D eigenvalue weighted by Gasteiger charge is -2.31. The molecule has 29 heavy (non-hydrogen) atoms. The van der Waals surface area contributed by atoms with Crippen LogP contribution >= 0.6 is 11.6 Å². The Morgan fingerprint density at radius 2 is 1.66 bits per heavy atom. The van der Waals surface area contributed by atoms with Crippen molar-refractivity contribution in [3.8, 4) is 11.1 Å². The maximum Gasteiger partial charge on any atom is 0.123 e. The van der Waals surface area contributed by atoms with Crippen LogP contribution in [0.4, 0.5) is 15.8 Å². The van der Waals surface area contributed by atoms with Crippen LogP contribution in [0.15, 0.2) is 66.7 Å². The first-order chi connectivity index (χ1) is 14.1. The van der Waals surface area contributed by atoms with E-state index in [0.29, 0.717) is 12.0 Å². The van der Waals surface area contributed by atoms with Crippen molar-refractivity contribution in [1.29, 1.82) is 0 Å². The summed E-state index contributed by atoms with van der Waals surface area (Å²) in [5.41, 5.74) is 5.95. The molecule has 0 saturated carbocycles. The van der Waals surface area contributed by atoms with Crippen LogP contribution in [-0.4, -0.2) is 31.1 Å². The molecule has 2 heterocycles. The predicted molar refractivity (Wildman–Crippen MR) is 119 cm³/mol. The van der Waals surface area contributed by atoms with Crippen molar-refractivity contribution in [2.75, 3.05) is 25.0 Å². The smallest absolute Gasteiger partial charge is 0.123 e. The topological polar surface area (TPSA) is 6.48 Å². The number of para-hydroxylation sites is 1. The Morgan fingerprint density at radius 3 is 2.48 bits per heavy atom. The quantitative estimate of drug-likeness (QED) is 0.480. The summed E-state index contributed by atoms with van der Waals surface area (Å²) in [7, 11) is 2.21. The van der Waals surface area contributed by atoms with E-state index in [-0.39, 0.29) is 5.82 Å². The van der Waals surface area contributed by atoms with Crippen molar-refractivity contribution >= 4 is 23.0 Å². The van der Waals surface area contributed by atoms with Crippen LogP contribution in [0, 0.1) is 5.82 Å². The third-order valence-electron chi connectivity index (χ3n) is 6.39. The van der Waals surface area contributed by atoms with E-state index < -0.39 is 0 Å². The number of nitrogens with zero attached hydrogens (tertiary/aromatic N) is 2. The van der Waals surface area contributed by atoms with E-state index in [9.17, 15) is 4.39 Å². The number of fused-ring (bicyclic) bond motifs is 3. The van der Waals surface area contributed by atoms with Crippen LogP contribution in [0.2, 0.25) is 5.02 Å². The second-order valence-corrected chi connectivity index (χ2v) is 8.59. The number of rotatable bonds is 2. The van der Waals surface area contributed by atoms with Crippen molar-refractivity contribution < 1.29 is 4.39 Å². The summed E-state index contributed by atoms with van der Waals surface area (Å²) in [4.78, 5) is 4.93. The number of benzene rings is 3. The van der Waals surface area contributed by atoms with E-state index in [4.69, 9.17) is 11.6 Å². The number of hydrogen-bond acceptors (Lipinski definition) is 2. The maximum atomic E-state index is 13.5. The number of likely N-dealkylation sites (tertiary alicyclic amines) is 1. The highest BCUT2D eigenvalue weighted by Gasteiger charge is 2.41. The van der Waals surface area contributed by atoms with Crippen LogP contribution in [0.5, 0.6) is 0 Å². The summed E-state index contributed by atoms with van der Waals surface area (Å²) in [6.45, 7) is 2.18. The molecule has 3 aromatic rings. The summed E-state index contributed by atoms with van der Waals surface area (Å²) >= 11 is 6.40. The average Bonchev–Trinajstić information content (AvgIpc) is 2.90. The molecule has 4 heteroatoms. The molecule has 2 nitrogen and oxygen atoms in total. The number of hydrogen-bond donors (Lipinski definition) is 0. The molecule has 0 bridgehead atoms. The Balaban J connectivity index is 1.66. The molecule has 5 rings (SSSR count). The standard InChI is InChI=1S/C25H24ClFN2/c1-28-14-12-21-22-16-18(26)8-11-24(22)29(25(21)13-15-28)23-5-3-2-4-20(23)17-6-9-19(27)10-7-17/h2-11,16,21,25H,12-15H2,1H3. The first kappa shape index (κ1) is 18.7. The largest absolute Gasteiger partial charge is 0.337 e. The predicted octanol–water partition coefficient (Wildman–Crippen LogP) is 6.48. The minimum atomic E-state index is -0.209. The highest BCUT2D eigenvalue weighted by Crippen LogP contribution is 2.51. The van der Waals surface area contributed by atoms with Gasteiger partial charge < -0.3 is 9.80 Å². The molecule has 0 radical (unpaired) electrons. The van der Waals surface area contributed by atoms with E-state index in [2.05, 4.69) is 53.2 Å². The first-order valence-electron chi connectivity index (χ1n) is 10.2. The van der Waals surface area contributed by atoms with Gasteiger partial charge in [-0.3, -0.25) is 0 Å². The summed E-state index contributed by atoms with van der Waals surface area (Å²) in [6, 6.07) is 22.0. The fourth-order valence-corrected chi connectivity index (χ4v) is 5.16. The van der Waals surface area contributed by atoms with Crippen molar-refractivity contribution in [3.63, 3.8) is 0 Å². The molecule has 0 aromatic heterocycles. The van der Waals surface area contributed by atoms with Gasteiger partial charge in [0.2, 0.25) is 0 Å². The fraction of sp³-hybridized carbons (Fsp3) is 0.280. The van der Waals surface area contributed by atoms with Gasteiger partial charge >= 0.3 is 0 Å². The SMILES string of the molecule is CN1CCC2c3cc(Cl)ccc3N(c3ccccc3-c3ccc(F)cc3)C2CC1. The van der Waals surface area contributed by atoms with Gasteiger partial charge in [0.05, 0.1) is 0 Å². The normalized spacial score (nSPS) is 21.6. The highest BCUT2D eigenvalue weighted by atomic mass is 35.5. The Labute approximate surface area is 176 Å². The van der Waals surface area contributed by atoms with Gasteiger partial charge in [0.15, 0.2) is 0 Å².